The number of ether oxygens (including phenoxy) is 3. The molecule has 0 bridgehead atoms. The van der Waals surface area contributed by atoms with Gasteiger partial charge in [-0.1, -0.05) is 257 Å². The number of hydrogen-bond donors (Lipinski definition) is 0. The molecule has 0 saturated heterocycles. The van der Waals surface area contributed by atoms with E-state index in [0.717, 1.165) is 96.3 Å². The van der Waals surface area contributed by atoms with E-state index >= 15 is 0 Å². The summed E-state index contributed by atoms with van der Waals surface area (Å²) < 4.78 is 16.8. The fourth-order valence-corrected chi connectivity index (χ4v) is 7.35. The molecule has 1 atom stereocenters. The molecule has 0 aromatic carbocycles. The normalized spacial score (nSPS) is 13.1. The van der Waals surface area contributed by atoms with E-state index in [1.165, 1.54) is 96.3 Å². The maximum atomic E-state index is 12.9. The first-order valence-corrected chi connectivity index (χ1v) is 28.3. The van der Waals surface area contributed by atoms with Crippen molar-refractivity contribution in [1.29, 1.82) is 0 Å². The van der Waals surface area contributed by atoms with Crippen LogP contribution in [0.5, 0.6) is 0 Å². The SMILES string of the molecule is CC\C=C/C=C\C=C/C=C\C=C/CCCCCC(=O)OCC(COC(=O)CCCCCCCCCCCC/C=C\C=C/CCCCC)OC(=O)CCCCCCC\C=C/C=C\C=C/C=C\CCCCC. The van der Waals surface area contributed by atoms with Crippen LogP contribution < -0.4 is 0 Å². The first-order valence-electron chi connectivity index (χ1n) is 28.3. The predicted molar refractivity (Wildman–Crippen MR) is 302 cm³/mol. The van der Waals surface area contributed by atoms with Gasteiger partial charge in [-0.3, -0.25) is 14.4 Å². The number of esters is 3. The first kappa shape index (κ1) is 65.5. The van der Waals surface area contributed by atoms with Crippen LogP contribution >= 0.6 is 0 Å². The van der Waals surface area contributed by atoms with Crippen molar-refractivity contribution in [3.05, 3.63) is 134 Å². The second kappa shape index (κ2) is 57.1. The molecule has 6 nitrogen and oxygen atoms in total. The zero-order chi connectivity index (χ0) is 50.7. The van der Waals surface area contributed by atoms with Gasteiger partial charge in [-0.15, -0.1) is 0 Å². The molecule has 0 aromatic heterocycles. The molecule has 0 aliphatic heterocycles. The van der Waals surface area contributed by atoms with Gasteiger partial charge in [0.05, 0.1) is 0 Å². The summed E-state index contributed by atoms with van der Waals surface area (Å²) in [7, 11) is 0. The van der Waals surface area contributed by atoms with Gasteiger partial charge in [-0.05, 0) is 89.9 Å². The van der Waals surface area contributed by atoms with Crippen molar-refractivity contribution in [3.63, 3.8) is 0 Å². The van der Waals surface area contributed by atoms with Crippen molar-refractivity contribution in [2.24, 2.45) is 0 Å². The monoisotopic (exact) mass is 967 g/mol. The Bertz CT molecular complexity index is 1530. The van der Waals surface area contributed by atoms with Gasteiger partial charge in [-0.2, -0.15) is 0 Å². The summed E-state index contributed by atoms with van der Waals surface area (Å²) in [5.41, 5.74) is 0. The number of carbonyl (C=O) groups excluding carboxylic acids is 3. The van der Waals surface area contributed by atoms with Crippen LogP contribution in [0.3, 0.4) is 0 Å². The quantitative estimate of drug-likeness (QED) is 0.0262. The Morgan fingerprint density at radius 2 is 0.557 bits per heavy atom. The molecule has 1 unspecified atom stereocenters. The van der Waals surface area contributed by atoms with Crippen molar-refractivity contribution in [2.45, 2.75) is 239 Å². The number of allylic oxidation sites excluding steroid dienone is 22. The summed E-state index contributed by atoms with van der Waals surface area (Å²) in [6.07, 6.45) is 80.0. The second-order valence-electron chi connectivity index (χ2n) is 18.4. The van der Waals surface area contributed by atoms with Crippen molar-refractivity contribution in [3.8, 4) is 0 Å². The van der Waals surface area contributed by atoms with E-state index in [9.17, 15) is 14.4 Å². The maximum absolute atomic E-state index is 12.9. The van der Waals surface area contributed by atoms with Crippen LogP contribution in [-0.4, -0.2) is 37.2 Å². The molecule has 0 heterocycles. The topological polar surface area (TPSA) is 78.9 Å². The molecule has 0 radical (unpaired) electrons. The van der Waals surface area contributed by atoms with Gasteiger partial charge in [0.25, 0.3) is 0 Å². The molecule has 0 aromatic rings. The molecule has 394 valence electrons. The van der Waals surface area contributed by atoms with Crippen LogP contribution in [0.25, 0.3) is 0 Å². The van der Waals surface area contributed by atoms with E-state index in [1.807, 2.05) is 48.6 Å². The van der Waals surface area contributed by atoms with Gasteiger partial charge in [0, 0.05) is 19.3 Å². The highest BCUT2D eigenvalue weighted by atomic mass is 16.6. The first-order chi connectivity index (χ1) is 34.5. The summed E-state index contributed by atoms with van der Waals surface area (Å²) in [6, 6.07) is 0. The average Bonchev–Trinajstić information content (AvgIpc) is 3.36. The summed E-state index contributed by atoms with van der Waals surface area (Å²) in [5, 5.41) is 0. The third-order valence-electron chi connectivity index (χ3n) is 11.6. The molecule has 0 aliphatic rings. The zero-order valence-electron chi connectivity index (χ0n) is 45.0. The average molecular weight is 968 g/mol. The molecule has 0 spiro atoms. The zero-order valence-corrected chi connectivity index (χ0v) is 45.0. The lowest BCUT2D eigenvalue weighted by molar-refractivity contribution is -0.167. The van der Waals surface area contributed by atoms with Crippen molar-refractivity contribution < 1.29 is 28.6 Å². The molecule has 0 saturated carbocycles. The summed E-state index contributed by atoms with van der Waals surface area (Å²) >= 11 is 0. The Hall–Kier alpha value is -4.45. The molecule has 0 amide bonds. The highest BCUT2D eigenvalue weighted by molar-refractivity contribution is 5.71. The smallest absolute Gasteiger partial charge is 0.306 e. The van der Waals surface area contributed by atoms with E-state index < -0.39 is 6.10 Å². The minimum Gasteiger partial charge on any atom is -0.462 e. The Morgan fingerprint density at radius 3 is 0.900 bits per heavy atom. The van der Waals surface area contributed by atoms with Crippen LogP contribution in [-0.2, 0) is 28.6 Å². The third kappa shape index (κ3) is 54.5. The van der Waals surface area contributed by atoms with Gasteiger partial charge < -0.3 is 14.2 Å². The second-order valence-corrected chi connectivity index (χ2v) is 18.4. The molecule has 0 rings (SSSR count). The molecule has 0 aliphatic carbocycles. The fourth-order valence-electron chi connectivity index (χ4n) is 7.35. The van der Waals surface area contributed by atoms with Gasteiger partial charge in [0.2, 0.25) is 0 Å². The van der Waals surface area contributed by atoms with Crippen LogP contribution in [0.2, 0.25) is 0 Å². The number of hydrogen-bond acceptors (Lipinski definition) is 6. The standard InChI is InChI=1S/C64H102O6/c1-4-7-10-13-16-19-22-25-28-30-32-34-36-39-42-45-48-51-54-57-63(66)69-60-61(59-68-62(65)56-53-50-47-44-41-38-35-27-24-21-18-15-12-9-6-3)70-64(67)58-55-52-49-46-43-40-37-33-31-29-26-23-20-17-14-11-8-5-2/h9,12,15-27,29,31,33,35,37-38,41,61H,4-8,10-11,13-14,28,30,32,34,36,39-40,42-60H2,1-3H3/b12-9-,18-15-,19-16-,20-17-,24-21-,25-22-,26-23-,31-29-,35-27-,37-33-,41-38-. The van der Waals surface area contributed by atoms with E-state index in [4.69, 9.17) is 14.2 Å². The minimum absolute atomic E-state index is 0.108. The number of unbranched alkanes of at least 4 members (excludes halogenated alkanes) is 24. The highest BCUT2D eigenvalue weighted by Crippen LogP contribution is 2.14. The predicted octanol–water partition coefficient (Wildman–Crippen LogP) is 19.0. The van der Waals surface area contributed by atoms with Crippen LogP contribution in [0, 0.1) is 0 Å². The van der Waals surface area contributed by atoms with Crippen LogP contribution in [0.1, 0.15) is 233 Å². The Labute approximate surface area is 430 Å². The van der Waals surface area contributed by atoms with Gasteiger partial charge >= 0.3 is 17.9 Å². The molecule has 70 heavy (non-hydrogen) atoms. The van der Waals surface area contributed by atoms with Crippen molar-refractivity contribution >= 4 is 17.9 Å². The minimum atomic E-state index is -0.815. The van der Waals surface area contributed by atoms with E-state index in [0.29, 0.717) is 12.8 Å². The summed E-state index contributed by atoms with van der Waals surface area (Å²) in [5.74, 6) is -0.982. The summed E-state index contributed by atoms with van der Waals surface area (Å²) in [4.78, 5) is 38.2. The van der Waals surface area contributed by atoms with Crippen LogP contribution in [0.15, 0.2) is 134 Å². The number of carbonyl (C=O) groups is 3. The molecule has 0 fully saturated rings. The lowest BCUT2D eigenvalue weighted by Crippen LogP contribution is -2.30. The highest BCUT2D eigenvalue weighted by Gasteiger charge is 2.19. The lowest BCUT2D eigenvalue weighted by Gasteiger charge is -2.18. The Balaban J connectivity index is 4.52. The van der Waals surface area contributed by atoms with Gasteiger partial charge in [0.15, 0.2) is 6.10 Å². The van der Waals surface area contributed by atoms with Gasteiger partial charge in [0.1, 0.15) is 13.2 Å². The summed E-state index contributed by atoms with van der Waals surface area (Å²) in [6.45, 7) is 6.36. The maximum Gasteiger partial charge on any atom is 0.306 e. The number of rotatable bonds is 49. The van der Waals surface area contributed by atoms with E-state index in [2.05, 4.69) is 106 Å². The largest absolute Gasteiger partial charge is 0.462 e. The Kier molecular flexibility index (Phi) is 53.5. The molecule has 6 heteroatoms. The third-order valence-corrected chi connectivity index (χ3v) is 11.6. The van der Waals surface area contributed by atoms with E-state index in [-0.39, 0.29) is 37.5 Å². The van der Waals surface area contributed by atoms with Crippen molar-refractivity contribution in [2.75, 3.05) is 13.2 Å². The van der Waals surface area contributed by atoms with Crippen LogP contribution in [0.4, 0.5) is 0 Å². The Morgan fingerprint density at radius 1 is 0.300 bits per heavy atom. The fraction of sp³-hybridized carbons (Fsp3) is 0.609. The molecule has 0 N–H and O–H groups in total. The molecular formula is C64H102O6. The van der Waals surface area contributed by atoms with Crippen molar-refractivity contribution in [1.82, 2.24) is 0 Å². The molecular weight excluding hydrogens is 865 g/mol. The van der Waals surface area contributed by atoms with Gasteiger partial charge in [-0.25, -0.2) is 0 Å². The lowest BCUT2D eigenvalue weighted by atomic mass is 10.1. The van der Waals surface area contributed by atoms with E-state index in [1.54, 1.807) is 0 Å².